The molecule has 1 saturated carbocycles. The zero-order chi connectivity index (χ0) is 13.0. The first kappa shape index (κ1) is 12.8. The molecule has 0 radical (unpaired) electrons. The summed E-state index contributed by atoms with van der Waals surface area (Å²) in [6.07, 6.45) is 6.40. The maximum absolute atomic E-state index is 12.3. The normalized spacial score (nSPS) is 16.3. The number of anilines is 1. The van der Waals surface area contributed by atoms with E-state index < -0.39 is 0 Å². The van der Waals surface area contributed by atoms with Crippen LogP contribution in [-0.2, 0) is 4.79 Å². The van der Waals surface area contributed by atoms with Gasteiger partial charge in [0.05, 0.1) is 0 Å². The lowest BCUT2D eigenvalue weighted by molar-refractivity contribution is -0.107. The molecular weight excluding hydrogens is 226 g/mol. The Balaban J connectivity index is 2.08. The highest BCUT2D eigenvalue weighted by atomic mass is 16.1. The number of amides is 1. The summed E-state index contributed by atoms with van der Waals surface area (Å²) in [5.74, 6) is 0.461. The van der Waals surface area contributed by atoms with E-state index in [4.69, 9.17) is 0 Å². The number of nitrogens with zero attached hydrogens (tertiary/aromatic N) is 1. The molecule has 0 spiro atoms. The van der Waals surface area contributed by atoms with Gasteiger partial charge in [0.25, 0.3) is 0 Å². The van der Waals surface area contributed by atoms with Crippen molar-refractivity contribution in [3.63, 3.8) is 0 Å². The van der Waals surface area contributed by atoms with Crippen molar-refractivity contribution >= 4 is 17.9 Å². The zero-order valence-corrected chi connectivity index (χ0v) is 10.8. The van der Waals surface area contributed by atoms with Crippen LogP contribution in [0.3, 0.4) is 0 Å². The molecular formula is C15H19NO2. The molecule has 0 unspecified atom stereocenters. The minimum absolute atomic E-state index is 0.202. The number of ketones is 1. The van der Waals surface area contributed by atoms with Crippen molar-refractivity contribution in [1.29, 1.82) is 0 Å². The molecule has 0 bridgehead atoms. The molecule has 0 heterocycles. The molecule has 96 valence electrons. The standard InChI is InChI=1S/C15H19NO2/c1-16(11-17)14-9-7-13(8-10-14)15(18)12-5-3-2-4-6-12/h7-12H,2-6H2,1H3. The lowest BCUT2D eigenvalue weighted by Crippen LogP contribution is -2.18. The third kappa shape index (κ3) is 2.78. The van der Waals surface area contributed by atoms with Gasteiger partial charge >= 0.3 is 0 Å². The van der Waals surface area contributed by atoms with Gasteiger partial charge < -0.3 is 4.90 Å². The first-order valence-corrected chi connectivity index (χ1v) is 6.55. The van der Waals surface area contributed by atoms with Gasteiger partial charge in [0, 0.05) is 24.2 Å². The van der Waals surface area contributed by atoms with E-state index in [0.717, 1.165) is 30.5 Å². The SMILES string of the molecule is CN(C=O)c1ccc(C(=O)C2CCCCC2)cc1. The average molecular weight is 245 g/mol. The highest BCUT2D eigenvalue weighted by molar-refractivity contribution is 5.98. The smallest absolute Gasteiger partial charge is 0.213 e. The molecule has 18 heavy (non-hydrogen) atoms. The molecule has 1 aliphatic rings. The third-order valence-electron chi connectivity index (χ3n) is 3.69. The van der Waals surface area contributed by atoms with E-state index in [-0.39, 0.29) is 11.7 Å². The van der Waals surface area contributed by atoms with Gasteiger partial charge in [0.1, 0.15) is 0 Å². The van der Waals surface area contributed by atoms with Crippen molar-refractivity contribution in [3.8, 4) is 0 Å². The van der Waals surface area contributed by atoms with Gasteiger partial charge in [0.15, 0.2) is 5.78 Å². The van der Waals surface area contributed by atoms with Crippen LogP contribution in [0.25, 0.3) is 0 Å². The quantitative estimate of drug-likeness (QED) is 0.604. The first-order valence-electron chi connectivity index (χ1n) is 6.55. The van der Waals surface area contributed by atoms with Gasteiger partial charge in [-0.2, -0.15) is 0 Å². The Morgan fingerprint density at radius 1 is 1.17 bits per heavy atom. The van der Waals surface area contributed by atoms with Crippen LogP contribution in [0.5, 0.6) is 0 Å². The summed E-state index contributed by atoms with van der Waals surface area (Å²) in [7, 11) is 1.70. The van der Waals surface area contributed by atoms with Crippen LogP contribution in [0.1, 0.15) is 42.5 Å². The van der Waals surface area contributed by atoms with Crippen LogP contribution in [0.15, 0.2) is 24.3 Å². The lowest BCUT2D eigenvalue weighted by Gasteiger charge is -2.20. The summed E-state index contributed by atoms with van der Waals surface area (Å²) in [5.41, 5.74) is 1.58. The van der Waals surface area contributed by atoms with Crippen molar-refractivity contribution in [3.05, 3.63) is 29.8 Å². The summed E-state index contributed by atoms with van der Waals surface area (Å²) in [6.45, 7) is 0. The molecule has 0 aromatic heterocycles. The highest BCUT2D eigenvalue weighted by Crippen LogP contribution is 2.27. The van der Waals surface area contributed by atoms with Crippen molar-refractivity contribution in [2.45, 2.75) is 32.1 Å². The Bertz CT molecular complexity index is 419. The number of hydrogen-bond donors (Lipinski definition) is 0. The summed E-state index contributed by atoms with van der Waals surface area (Å²) in [4.78, 5) is 24.4. The minimum Gasteiger partial charge on any atom is -0.318 e. The largest absolute Gasteiger partial charge is 0.318 e. The summed E-state index contributed by atoms with van der Waals surface area (Å²) >= 11 is 0. The molecule has 0 atom stereocenters. The van der Waals surface area contributed by atoms with Gasteiger partial charge in [-0.05, 0) is 37.1 Å². The maximum atomic E-state index is 12.3. The molecule has 1 fully saturated rings. The number of Topliss-reactive ketones (excluding diaryl/α,β-unsaturated/α-hetero) is 1. The van der Waals surface area contributed by atoms with Crippen molar-refractivity contribution in [2.24, 2.45) is 5.92 Å². The molecule has 0 N–H and O–H groups in total. The number of rotatable bonds is 4. The molecule has 0 saturated heterocycles. The molecule has 1 amide bonds. The van der Waals surface area contributed by atoms with Crippen molar-refractivity contribution in [1.82, 2.24) is 0 Å². The topological polar surface area (TPSA) is 37.4 Å². The molecule has 1 aliphatic carbocycles. The van der Waals surface area contributed by atoms with E-state index in [1.54, 1.807) is 7.05 Å². The van der Waals surface area contributed by atoms with E-state index in [0.29, 0.717) is 0 Å². The summed E-state index contributed by atoms with van der Waals surface area (Å²) in [6, 6.07) is 7.30. The van der Waals surface area contributed by atoms with Gasteiger partial charge in [0.2, 0.25) is 6.41 Å². The average Bonchev–Trinajstić information content (AvgIpc) is 2.47. The fourth-order valence-corrected chi connectivity index (χ4v) is 2.52. The monoisotopic (exact) mass is 245 g/mol. The van der Waals surface area contributed by atoms with Crippen LogP contribution < -0.4 is 4.90 Å². The van der Waals surface area contributed by atoms with Gasteiger partial charge in [-0.25, -0.2) is 0 Å². The Morgan fingerprint density at radius 3 is 2.33 bits per heavy atom. The van der Waals surface area contributed by atoms with Gasteiger partial charge in [-0.1, -0.05) is 19.3 Å². The second kappa shape index (κ2) is 5.80. The number of benzene rings is 1. The van der Waals surface area contributed by atoms with E-state index in [1.807, 2.05) is 24.3 Å². The van der Waals surface area contributed by atoms with Crippen molar-refractivity contribution in [2.75, 3.05) is 11.9 Å². The number of hydrogen-bond acceptors (Lipinski definition) is 2. The lowest BCUT2D eigenvalue weighted by atomic mass is 9.84. The number of carbonyl (C=O) groups excluding carboxylic acids is 2. The summed E-state index contributed by atoms with van der Waals surface area (Å²) < 4.78 is 0. The minimum atomic E-state index is 0.202. The molecule has 2 rings (SSSR count). The molecule has 3 nitrogen and oxygen atoms in total. The van der Waals surface area contributed by atoms with E-state index in [9.17, 15) is 9.59 Å². The molecule has 0 aliphatic heterocycles. The van der Waals surface area contributed by atoms with Crippen LogP contribution in [0, 0.1) is 5.92 Å². The van der Waals surface area contributed by atoms with Crippen LogP contribution in [0.2, 0.25) is 0 Å². The van der Waals surface area contributed by atoms with Gasteiger partial charge in [-0.15, -0.1) is 0 Å². The zero-order valence-electron chi connectivity index (χ0n) is 10.8. The highest BCUT2D eigenvalue weighted by Gasteiger charge is 2.22. The van der Waals surface area contributed by atoms with Crippen LogP contribution in [-0.4, -0.2) is 19.2 Å². The second-order valence-electron chi connectivity index (χ2n) is 4.96. The Labute approximate surface area is 108 Å². The van der Waals surface area contributed by atoms with Crippen LogP contribution in [0.4, 0.5) is 5.69 Å². The predicted molar refractivity (Wildman–Crippen MR) is 71.8 cm³/mol. The third-order valence-corrected chi connectivity index (χ3v) is 3.69. The van der Waals surface area contributed by atoms with E-state index >= 15 is 0 Å². The molecule has 1 aromatic carbocycles. The molecule has 1 aromatic rings. The first-order chi connectivity index (χ1) is 8.72. The van der Waals surface area contributed by atoms with Crippen molar-refractivity contribution < 1.29 is 9.59 Å². The van der Waals surface area contributed by atoms with E-state index in [1.165, 1.54) is 24.2 Å². The maximum Gasteiger partial charge on any atom is 0.213 e. The van der Waals surface area contributed by atoms with Crippen LogP contribution >= 0.6 is 0 Å². The number of carbonyl (C=O) groups is 2. The van der Waals surface area contributed by atoms with Gasteiger partial charge in [-0.3, -0.25) is 9.59 Å². The molecule has 3 heteroatoms. The fraction of sp³-hybridized carbons (Fsp3) is 0.467. The Morgan fingerprint density at radius 2 is 1.78 bits per heavy atom. The fourth-order valence-electron chi connectivity index (χ4n) is 2.52. The predicted octanol–water partition coefficient (Wildman–Crippen LogP) is 3.04. The summed E-state index contributed by atoms with van der Waals surface area (Å²) in [5, 5.41) is 0. The Hall–Kier alpha value is -1.64. The Kier molecular flexibility index (Phi) is 4.13. The second-order valence-corrected chi connectivity index (χ2v) is 4.96. The van der Waals surface area contributed by atoms with E-state index in [2.05, 4.69) is 0 Å².